The number of benzene rings is 1. The minimum atomic E-state index is -0.352. The number of amides is 1. The van der Waals surface area contributed by atoms with Gasteiger partial charge in [0.25, 0.3) is 0 Å². The van der Waals surface area contributed by atoms with E-state index < -0.39 is 0 Å². The highest BCUT2D eigenvalue weighted by molar-refractivity contribution is 6.00. The maximum Gasteiger partial charge on any atom is 0.311 e. The van der Waals surface area contributed by atoms with Gasteiger partial charge >= 0.3 is 5.97 Å². The van der Waals surface area contributed by atoms with Crippen LogP contribution in [0.1, 0.15) is 37.3 Å². The maximum atomic E-state index is 12.2. The van der Waals surface area contributed by atoms with Gasteiger partial charge in [-0.1, -0.05) is 26.0 Å². The van der Waals surface area contributed by atoms with Crippen LogP contribution in [0.25, 0.3) is 0 Å². The Labute approximate surface area is 119 Å². The van der Waals surface area contributed by atoms with Crippen LogP contribution in [-0.2, 0) is 14.3 Å². The molecule has 2 rings (SSSR count). The van der Waals surface area contributed by atoms with Crippen LogP contribution >= 0.6 is 0 Å². The van der Waals surface area contributed by atoms with Crippen LogP contribution in [0.3, 0.4) is 0 Å². The van der Waals surface area contributed by atoms with E-state index in [2.05, 4.69) is 26.0 Å². The molecule has 1 aromatic rings. The summed E-state index contributed by atoms with van der Waals surface area (Å²) in [7, 11) is 1.36. The number of carbonyl (C=O) groups excluding carboxylic acids is 2. The van der Waals surface area contributed by atoms with Crippen LogP contribution < -0.4 is 4.90 Å². The molecule has 0 aliphatic carbocycles. The highest BCUT2D eigenvalue weighted by atomic mass is 16.5. The number of aryl methyl sites for hydroxylation is 1. The molecular formula is C16H21NO3. The first-order valence-electron chi connectivity index (χ1n) is 6.92. The molecule has 1 fully saturated rings. The van der Waals surface area contributed by atoms with Crippen LogP contribution in [0.15, 0.2) is 18.2 Å². The number of esters is 1. The van der Waals surface area contributed by atoms with Crippen molar-refractivity contribution in [3.63, 3.8) is 0 Å². The van der Waals surface area contributed by atoms with Crippen LogP contribution in [-0.4, -0.2) is 25.5 Å². The molecule has 0 saturated carbocycles. The molecule has 1 amide bonds. The lowest BCUT2D eigenvalue weighted by Crippen LogP contribution is -2.27. The lowest BCUT2D eigenvalue weighted by Gasteiger charge is -2.20. The van der Waals surface area contributed by atoms with Crippen molar-refractivity contribution in [1.82, 2.24) is 0 Å². The Morgan fingerprint density at radius 2 is 2.10 bits per heavy atom. The molecule has 0 radical (unpaired) electrons. The van der Waals surface area contributed by atoms with Crippen molar-refractivity contribution < 1.29 is 14.3 Å². The summed E-state index contributed by atoms with van der Waals surface area (Å²) in [6.45, 7) is 6.64. The van der Waals surface area contributed by atoms with E-state index in [1.807, 2.05) is 13.0 Å². The smallest absolute Gasteiger partial charge is 0.311 e. The Hall–Kier alpha value is -1.84. The Balaban J connectivity index is 2.30. The summed E-state index contributed by atoms with van der Waals surface area (Å²) in [4.78, 5) is 25.5. The predicted octanol–water partition coefficient (Wildman–Crippen LogP) is 2.64. The maximum absolute atomic E-state index is 12.2. The molecule has 1 heterocycles. The topological polar surface area (TPSA) is 46.6 Å². The van der Waals surface area contributed by atoms with E-state index >= 15 is 0 Å². The second-order valence-electron chi connectivity index (χ2n) is 5.63. The number of nitrogens with zero attached hydrogens (tertiary/aromatic N) is 1. The lowest BCUT2D eigenvalue weighted by molar-refractivity contribution is -0.145. The molecule has 0 N–H and O–H groups in total. The van der Waals surface area contributed by atoms with Crippen LogP contribution in [0.4, 0.5) is 5.69 Å². The molecule has 20 heavy (non-hydrogen) atoms. The van der Waals surface area contributed by atoms with Crippen molar-refractivity contribution in [2.45, 2.75) is 33.1 Å². The van der Waals surface area contributed by atoms with E-state index in [4.69, 9.17) is 4.74 Å². The van der Waals surface area contributed by atoms with Gasteiger partial charge in [-0.15, -0.1) is 0 Å². The molecular weight excluding hydrogens is 254 g/mol. The van der Waals surface area contributed by atoms with Gasteiger partial charge in [-0.3, -0.25) is 9.59 Å². The second-order valence-corrected chi connectivity index (χ2v) is 5.63. The van der Waals surface area contributed by atoms with E-state index in [0.717, 1.165) is 11.3 Å². The van der Waals surface area contributed by atoms with Gasteiger partial charge in [0, 0.05) is 18.7 Å². The lowest BCUT2D eigenvalue weighted by atomic mass is 10.00. The summed E-state index contributed by atoms with van der Waals surface area (Å²) in [5.74, 6) is -0.263. The first-order chi connectivity index (χ1) is 9.43. The van der Waals surface area contributed by atoms with Gasteiger partial charge in [0.2, 0.25) is 5.91 Å². The molecule has 0 bridgehead atoms. The fraction of sp³-hybridized carbons (Fsp3) is 0.500. The van der Waals surface area contributed by atoms with Crippen molar-refractivity contribution in [2.24, 2.45) is 5.92 Å². The number of hydrogen-bond acceptors (Lipinski definition) is 3. The van der Waals surface area contributed by atoms with Crippen LogP contribution in [0, 0.1) is 12.8 Å². The van der Waals surface area contributed by atoms with E-state index in [0.29, 0.717) is 12.5 Å². The van der Waals surface area contributed by atoms with Gasteiger partial charge in [-0.2, -0.15) is 0 Å². The quantitative estimate of drug-likeness (QED) is 0.797. The summed E-state index contributed by atoms with van der Waals surface area (Å²) >= 11 is 0. The average Bonchev–Trinajstić information content (AvgIpc) is 2.80. The predicted molar refractivity (Wildman–Crippen MR) is 77.7 cm³/mol. The Bertz CT molecular complexity index is 537. The SMILES string of the molecule is COC(=O)C1CC(=O)N(c2cc(C(C)C)ccc2C)C1. The van der Waals surface area contributed by atoms with Crippen molar-refractivity contribution >= 4 is 17.6 Å². The van der Waals surface area contributed by atoms with Gasteiger partial charge in [0.1, 0.15) is 0 Å². The van der Waals surface area contributed by atoms with Gasteiger partial charge in [0.05, 0.1) is 13.0 Å². The van der Waals surface area contributed by atoms with E-state index in [9.17, 15) is 9.59 Å². The Morgan fingerprint density at radius 1 is 1.40 bits per heavy atom. The molecule has 0 spiro atoms. The van der Waals surface area contributed by atoms with Gasteiger partial charge in [0.15, 0.2) is 0 Å². The number of carbonyl (C=O) groups is 2. The number of hydrogen-bond donors (Lipinski definition) is 0. The van der Waals surface area contributed by atoms with E-state index in [1.54, 1.807) is 4.90 Å². The molecule has 1 aromatic carbocycles. The van der Waals surface area contributed by atoms with Gasteiger partial charge in [-0.05, 0) is 30.0 Å². The monoisotopic (exact) mass is 275 g/mol. The van der Waals surface area contributed by atoms with Crippen molar-refractivity contribution in [3.8, 4) is 0 Å². The Kier molecular flexibility index (Phi) is 4.12. The molecule has 1 saturated heterocycles. The summed E-state index contributed by atoms with van der Waals surface area (Å²) in [6.07, 6.45) is 0.234. The first kappa shape index (κ1) is 14.6. The minimum absolute atomic E-state index is 0.00981. The number of methoxy groups -OCH3 is 1. The molecule has 1 aliphatic heterocycles. The highest BCUT2D eigenvalue weighted by Gasteiger charge is 2.36. The summed E-state index contributed by atoms with van der Waals surface area (Å²) in [6, 6.07) is 6.17. The molecule has 1 aliphatic rings. The molecule has 4 heteroatoms. The normalized spacial score (nSPS) is 18.8. The third-order valence-corrected chi connectivity index (χ3v) is 3.85. The van der Waals surface area contributed by atoms with Crippen LogP contribution in [0.2, 0.25) is 0 Å². The largest absolute Gasteiger partial charge is 0.469 e. The van der Waals surface area contributed by atoms with Crippen molar-refractivity contribution in [3.05, 3.63) is 29.3 Å². The molecule has 108 valence electrons. The summed E-state index contributed by atoms with van der Waals surface area (Å²) in [5, 5.41) is 0. The molecule has 1 atom stereocenters. The zero-order valence-electron chi connectivity index (χ0n) is 12.5. The standard InChI is InChI=1S/C16H21NO3/c1-10(2)12-6-5-11(3)14(7-12)17-9-13(8-15(17)18)16(19)20-4/h5-7,10,13H,8-9H2,1-4H3. The fourth-order valence-corrected chi connectivity index (χ4v) is 2.54. The van der Waals surface area contributed by atoms with E-state index in [1.165, 1.54) is 12.7 Å². The molecule has 4 nitrogen and oxygen atoms in total. The van der Waals surface area contributed by atoms with E-state index in [-0.39, 0.29) is 24.2 Å². The average molecular weight is 275 g/mol. The van der Waals surface area contributed by atoms with Crippen molar-refractivity contribution in [2.75, 3.05) is 18.6 Å². The second kappa shape index (κ2) is 5.65. The summed E-state index contributed by atoms with van der Waals surface area (Å²) < 4.78 is 4.74. The number of rotatable bonds is 3. The van der Waals surface area contributed by atoms with Gasteiger partial charge in [-0.25, -0.2) is 0 Å². The van der Waals surface area contributed by atoms with Crippen molar-refractivity contribution in [1.29, 1.82) is 0 Å². The molecule has 1 unspecified atom stereocenters. The summed E-state index contributed by atoms with van der Waals surface area (Å²) in [5.41, 5.74) is 3.15. The Morgan fingerprint density at radius 3 is 2.70 bits per heavy atom. The first-order valence-corrected chi connectivity index (χ1v) is 6.92. The number of anilines is 1. The third-order valence-electron chi connectivity index (χ3n) is 3.85. The highest BCUT2D eigenvalue weighted by Crippen LogP contribution is 2.31. The zero-order valence-corrected chi connectivity index (χ0v) is 12.5. The van der Waals surface area contributed by atoms with Crippen LogP contribution in [0.5, 0.6) is 0 Å². The fourth-order valence-electron chi connectivity index (χ4n) is 2.54. The third kappa shape index (κ3) is 2.69. The minimum Gasteiger partial charge on any atom is -0.469 e. The molecule has 0 aromatic heterocycles. The zero-order chi connectivity index (χ0) is 14.9. The van der Waals surface area contributed by atoms with Gasteiger partial charge < -0.3 is 9.64 Å². The number of ether oxygens (including phenoxy) is 1.